The van der Waals surface area contributed by atoms with Gasteiger partial charge in [-0.15, -0.1) is 0 Å². The average Bonchev–Trinajstić information content (AvgIpc) is 2.84. The number of amides is 1. The molecule has 3 aliphatic carbocycles. The third kappa shape index (κ3) is 2.97. The van der Waals surface area contributed by atoms with Crippen LogP contribution in [-0.4, -0.2) is 66.3 Å². The molecule has 3 aliphatic rings. The quantitative estimate of drug-likeness (QED) is 0.228. The van der Waals surface area contributed by atoms with Gasteiger partial charge < -0.3 is 31.0 Å². The number of carbonyl (C=O) groups is 3. The molecule has 1 amide bonds. The summed E-state index contributed by atoms with van der Waals surface area (Å²) in [7, 11) is 1.15. The van der Waals surface area contributed by atoms with Gasteiger partial charge in [-0.25, -0.2) is 9.97 Å². The molecule has 36 heavy (non-hydrogen) atoms. The van der Waals surface area contributed by atoms with Crippen molar-refractivity contribution >= 4 is 28.9 Å². The number of carbonyl (C=O) groups excluding carboxylic acids is 3. The summed E-state index contributed by atoms with van der Waals surface area (Å²) in [4.78, 5) is 52.0. The molecule has 0 bridgehead atoms. The number of hydrogen-bond donors (Lipinski definition) is 5. The highest BCUT2D eigenvalue weighted by atomic mass is 16.6. The van der Waals surface area contributed by atoms with E-state index >= 15 is 0 Å². The number of fused-ring (bicyclic) bond motifs is 3. The molecule has 1 saturated carbocycles. The molecule has 0 aliphatic heterocycles. The summed E-state index contributed by atoms with van der Waals surface area (Å²) in [6, 6.07) is 4.52. The molecule has 12 nitrogen and oxygen atoms in total. The number of aliphatic hydroxyl groups excluding tert-OH is 2. The number of nitrogens with zero attached hydrogens (tertiary/aromatic N) is 3. The second-order valence-corrected chi connectivity index (χ2v) is 8.68. The van der Waals surface area contributed by atoms with E-state index < -0.39 is 57.7 Å². The first kappa shape index (κ1) is 23.2. The number of aliphatic hydroxyl groups is 3. The molecule has 6 N–H and O–H groups in total. The first-order valence-electron chi connectivity index (χ1n) is 10.8. The van der Waals surface area contributed by atoms with E-state index in [9.17, 15) is 34.8 Å². The number of rotatable bonds is 3. The number of aromatic hydroxyl groups is 1. The van der Waals surface area contributed by atoms with Gasteiger partial charge >= 0.3 is 0 Å². The predicted molar refractivity (Wildman–Crippen MR) is 122 cm³/mol. The molecular formula is C24H20N4O8. The smallest absolute Gasteiger partial charge is 0.256 e. The van der Waals surface area contributed by atoms with Crippen molar-refractivity contribution in [2.45, 2.75) is 18.4 Å². The summed E-state index contributed by atoms with van der Waals surface area (Å²) in [5.74, 6) is -7.65. The zero-order valence-corrected chi connectivity index (χ0v) is 18.8. The maximum atomic E-state index is 13.7. The Morgan fingerprint density at radius 1 is 1.14 bits per heavy atom. The van der Waals surface area contributed by atoms with Crippen molar-refractivity contribution in [3.63, 3.8) is 0 Å². The molecule has 0 saturated heterocycles. The number of ketones is 2. The monoisotopic (exact) mass is 492 g/mol. The standard InChI is InChI=1S/C24H20N4O8/c1-36-28-17-12-8-9-7-11-10(23-26-5-2-6-27-23)3-4-13(29)15(11)18(30)14(9)20(32)24(12,35)21(33)16(19(17)31)22(25)34/h2-6,9,12,29-31,35H,7-8H2,1H3,(H2,25,34)/b28-17-/t9-,12?,24-/m0/s1. The number of primary amides is 1. The van der Waals surface area contributed by atoms with E-state index in [0.29, 0.717) is 17.0 Å². The highest BCUT2D eigenvalue weighted by molar-refractivity contribution is 6.38. The van der Waals surface area contributed by atoms with Gasteiger partial charge in [0.25, 0.3) is 5.91 Å². The zero-order valence-electron chi connectivity index (χ0n) is 18.8. The van der Waals surface area contributed by atoms with Crippen LogP contribution in [0.3, 0.4) is 0 Å². The lowest BCUT2D eigenvalue weighted by molar-refractivity contribution is -0.153. The zero-order chi connectivity index (χ0) is 25.9. The molecule has 1 unspecified atom stereocenters. The molecular weight excluding hydrogens is 472 g/mol. The average molecular weight is 492 g/mol. The minimum Gasteiger partial charge on any atom is -0.507 e. The Labute approximate surface area is 203 Å². The van der Waals surface area contributed by atoms with Crippen LogP contribution in [0.25, 0.3) is 17.1 Å². The maximum absolute atomic E-state index is 13.7. The number of phenols is 1. The van der Waals surface area contributed by atoms with Gasteiger partial charge in [0, 0.05) is 23.5 Å². The van der Waals surface area contributed by atoms with E-state index in [1.165, 1.54) is 18.5 Å². The van der Waals surface area contributed by atoms with Crippen LogP contribution < -0.4 is 5.73 Å². The topological polar surface area (TPSA) is 206 Å². The van der Waals surface area contributed by atoms with Gasteiger partial charge in [-0.3, -0.25) is 14.4 Å². The summed E-state index contributed by atoms with van der Waals surface area (Å²) < 4.78 is 0. The Morgan fingerprint density at radius 2 is 1.83 bits per heavy atom. The first-order chi connectivity index (χ1) is 17.1. The van der Waals surface area contributed by atoms with E-state index in [1.54, 1.807) is 12.1 Å². The minimum atomic E-state index is -2.89. The number of allylic oxidation sites excluding steroid dienone is 1. The largest absolute Gasteiger partial charge is 0.507 e. The molecule has 2 aromatic rings. The molecule has 1 aromatic carbocycles. The highest BCUT2D eigenvalue weighted by Crippen LogP contribution is 2.51. The van der Waals surface area contributed by atoms with Crippen LogP contribution in [-0.2, 0) is 25.6 Å². The number of nitrogens with two attached hydrogens (primary N) is 1. The van der Waals surface area contributed by atoms with Crippen molar-refractivity contribution in [2.75, 3.05) is 7.11 Å². The van der Waals surface area contributed by atoms with Crippen LogP contribution in [0.15, 0.2) is 52.7 Å². The second-order valence-electron chi connectivity index (χ2n) is 8.68. The normalized spacial score (nSPS) is 26.4. The van der Waals surface area contributed by atoms with E-state index in [-0.39, 0.29) is 29.7 Å². The molecule has 1 fully saturated rings. The van der Waals surface area contributed by atoms with Crippen molar-refractivity contribution in [1.82, 2.24) is 9.97 Å². The molecule has 3 atom stereocenters. The van der Waals surface area contributed by atoms with Crippen molar-refractivity contribution in [1.29, 1.82) is 0 Å². The van der Waals surface area contributed by atoms with Gasteiger partial charge in [-0.1, -0.05) is 5.16 Å². The van der Waals surface area contributed by atoms with Gasteiger partial charge in [0.15, 0.2) is 17.2 Å². The molecule has 0 spiro atoms. The maximum Gasteiger partial charge on any atom is 0.256 e. The third-order valence-corrected chi connectivity index (χ3v) is 6.88. The predicted octanol–water partition coefficient (Wildman–Crippen LogP) is 0.493. The fraction of sp³-hybridized carbons (Fsp3) is 0.250. The van der Waals surface area contributed by atoms with Crippen LogP contribution in [0.5, 0.6) is 5.75 Å². The number of Topliss-reactive ketones (excluding diaryl/α,β-unsaturated/α-hetero) is 2. The summed E-state index contributed by atoms with van der Waals surface area (Å²) in [5, 5.41) is 47.5. The lowest BCUT2D eigenvalue weighted by Gasteiger charge is -2.45. The van der Waals surface area contributed by atoms with Crippen LogP contribution in [0.2, 0.25) is 0 Å². The van der Waals surface area contributed by atoms with Gasteiger partial charge in [0.1, 0.15) is 29.9 Å². The van der Waals surface area contributed by atoms with Gasteiger partial charge in [-0.2, -0.15) is 0 Å². The minimum absolute atomic E-state index is 0.0517. The van der Waals surface area contributed by atoms with E-state index in [1.807, 2.05) is 0 Å². The molecule has 12 heteroatoms. The molecule has 5 rings (SSSR count). The second kappa shape index (κ2) is 7.99. The number of benzene rings is 1. The van der Waals surface area contributed by atoms with Crippen LogP contribution in [0.1, 0.15) is 17.5 Å². The third-order valence-electron chi connectivity index (χ3n) is 6.88. The van der Waals surface area contributed by atoms with Crippen molar-refractivity contribution in [3.8, 4) is 17.1 Å². The molecule has 0 radical (unpaired) electrons. The van der Waals surface area contributed by atoms with E-state index in [2.05, 4.69) is 15.1 Å². The Kier molecular flexibility index (Phi) is 5.14. The molecule has 1 heterocycles. The fourth-order valence-electron chi connectivity index (χ4n) is 5.34. The van der Waals surface area contributed by atoms with Crippen molar-refractivity contribution < 1.29 is 39.6 Å². The lowest BCUT2D eigenvalue weighted by atomic mass is 9.58. The Hall–Kier alpha value is -4.58. The van der Waals surface area contributed by atoms with Crippen molar-refractivity contribution in [2.24, 2.45) is 22.7 Å². The van der Waals surface area contributed by atoms with Gasteiger partial charge in [0.05, 0.1) is 11.5 Å². The summed E-state index contributed by atoms with van der Waals surface area (Å²) >= 11 is 0. The summed E-state index contributed by atoms with van der Waals surface area (Å²) in [6.07, 6.45) is 3.01. The first-order valence-corrected chi connectivity index (χ1v) is 10.8. The molecule has 184 valence electrons. The van der Waals surface area contributed by atoms with Crippen LogP contribution in [0, 0.1) is 11.8 Å². The summed E-state index contributed by atoms with van der Waals surface area (Å²) in [6.45, 7) is 0. The number of oxime groups is 1. The lowest BCUT2D eigenvalue weighted by Crippen LogP contribution is -2.64. The van der Waals surface area contributed by atoms with Crippen LogP contribution >= 0.6 is 0 Å². The number of aromatic nitrogens is 2. The van der Waals surface area contributed by atoms with Crippen molar-refractivity contribution in [3.05, 3.63) is 58.6 Å². The Balaban J connectivity index is 1.74. The number of phenolic OH excluding ortho intramolecular Hbond substituents is 1. The van der Waals surface area contributed by atoms with Gasteiger partial charge in [0.2, 0.25) is 11.6 Å². The summed E-state index contributed by atoms with van der Waals surface area (Å²) in [5.41, 5.74) is 1.58. The number of hydrogen-bond acceptors (Lipinski definition) is 11. The Morgan fingerprint density at radius 3 is 2.47 bits per heavy atom. The van der Waals surface area contributed by atoms with Gasteiger partial charge in [-0.05, 0) is 42.5 Å². The highest BCUT2D eigenvalue weighted by Gasteiger charge is 2.64. The van der Waals surface area contributed by atoms with E-state index in [0.717, 1.165) is 7.11 Å². The molecule has 1 aromatic heterocycles. The fourth-order valence-corrected chi connectivity index (χ4v) is 5.34. The Bertz CT molecular complexity index is 1450. The SMILES string of the molecule is CO/N=C1\C(O)=C(C(N)=O)C(=O)[C@@]2(O)C(=O)C3=C(O)c4c(O)ccc(-c5ncccn5)c4C[C@H]3CC12. The van der Waals surface area contributed by atoms with Crippen LogP contribution in [0.4, 0.5) is 0 Å². The van der Waals surface area contributed by atoms with E-state index in [4.69, 9.17) is 10.6 Å².